The Morgan fingerprint density at radius 3 is 2.57 bits per heavy atom. The molecule has 13 heteroatoms. The Bertz CT molecular complexity index is 2030. The van der Waals surface area contributed by atoms with E-state index in [-0.39, 0.29) is 36.7 Å². The number of carbonyl (C=O) groups excluding carboxylic acids is 2. The number of rotatable bonds is 11. The number of hydrogen-bond donors (Lipinski definition) is 1. The fourth-order valence-electron chi connectivity index (χ4n) is 4.91. The molecular weight excluding hydrogens is 616 g/mol. The molecule has 0 saturated carbocycles. The first-order valence-electron chi connectivity index (χ1n) is 14.2. The Labute approximate surface area is 266 Å². The molecule has 3 heterocycles. The average Bonchev–Trinajstić information content (AvgIpc) is 3.63. The highest BCUT2D eigenvalue weighted by molar-refractivity contribution is 7.07. The number of carboxylic acid groups (broad SMARTS) is 1. The van der Waals surface area contributed by atoms with Crippen molar-refractivity contribution in [3.8, 4) is 22.8 Å². The highest BCUT2D eigenvalue weighted by Gasteiger charge is 2.34. The van der Waals surface area contributed by atoms with Crippen molar-refractivity contribution in [3.05, 3.63) is 102 Å². The highest BCUT2D eigenvalue weighted by Crippen LogP contribution is 2.36. The lowest BCUT2D eigenvalue weighted by atomic mass is 9.95. The predicted molar refractivity (Wildman–Crippen MR) is 167 cm³/mol. The van der Waals surface area contributed by atoms with Crippen LogP contribution >= 0.6 is 11.3 Å². The van der Waals surface area contributed by atoms with E-state index in [1.165, 1.54) is 23.8 Å². The summed E-state index contributed by atoms with van der Waals surface area (Å²) < 4.78 is 29.1. The minimum Gasteiger partial charge on any atom is -0.490 e. The molecule has 0 unspecified atom stereocenters. The topological polar surface area (TPSA) is 156 Å². The number of fused-ring (bicyclic) bond motifs is 1. The van der Waals surface area contributed by atoms with Crippen LogP contribution in [0.5, 0.6) is 11.5 Å². The second kappa shape index (κ2) is 13.7. The standard InChI is InChI=1S/C33H30N2O10S/c1-5-42-25-15-20(10-12-24(25)44-17-27(36)41-4)29-28(32(40)43-6-2)18(3)34-33-35(29)30(37)26(46-33)16-22-11-13-23(45-22)19-8-7-9-21(14-19)31(38)39/h7-16,29H,5-6,17H2,1-4H3,(H,38,39)/b26-16+/t29-/m0/s1. The van der Waals surface area contributed by atoms with Gasteiger partial charge in [0.15, 0.2) is 22.9 Å². The van der Waals surface area contributed by atoms with Gasteiger partial charge in [-0.25, -0.2) is 19.4 Å². The van der Waals surface area contributed by atoms with Gasteiger partial charge in [-0.3, -0.25) is 9.36 Å². The van der Waals surface area contributed by atoms with Crippen molar-refractivity contribution in [3.63, 3.8) is 0 Å². The SMILES string of the molecule is CCOC(=O)C1=C(C)N=c2s/c(=C/c3ccc(-c4cccc(C(=O)O)c4)o3)c(=O)n2[C@H]1c1ccc(OCC(=O)OC)c(OCC)c1. The van der Waals surface area contributed by atoms with E-state index in [0.717, 1.165) is 11.3 Å². The number of benzene rings is 2. The molecule has 0 radical (unpaired) electrons. The number of aromatic carboxylic acids is 1. The quantitative estimate of drug-likeness (QED) is 0.238. The average molecular weight is 647 g/mol. The monoisotopic (exact) mass is 646 g/mol. The van der Waals surface area contributed by atoms with Crippen LogP contribution in [0.2, 0.25) is 0 Å². The van der Waals surface area contributed by atoms with Gasteiger partial charge in [0, 0.05) is 11.6 Å². The van der Waals surface area contributed by atoms with Crippen molar-refractivity contribution >= 4 is 35.3 Å². The molecule has 0 bridgehead atoms. The first-order valence-corrected chi connectivity index (χ1v) is 15.1. The Kier molecular flexibility index (Phi) is 9.52. The van der Waals surface area contributed by atoms with E-state index in [4.69, 9.17) is 18.6 Å². The van der Waals surface area contributed by atoms with E-state index in [2.05, 4.69) is 9.73 Å². The molecule has 0 aliphatic carbocycles. The van der Waals surface area contributed by atoms with Crippen LogP contribution in [0.15, 0.2) is 80.1 Å². The van der Waals surface area contributed by atoms with Crippen molar-refractivity contribution in [1.82, 2.24) is 4.57 Å². The number of ether oxygens (including phenoxy) is 4. The van der Waals surface area contributed by atoms with Crippen LogP contribution in [0.25, 0.3) is 17.4 Å². The molecule has 46 heavy (non-hydrogen) atoms. The molecule has 1 aliphatic rings. The minimum absolute atomic E-state index is 0.118. The van der Waals surface area contributed by atoms with Crippen LogP contribution in [-0.4, -0.2) is 54.5 Å². The number of hydrogen-bond acceptors (Lipinski definition) is 11. The van der Waals surface area contributed by atoms with Gasteiger partial charge in [-0.1, -0.05) is 29.5 Å². The van der Waals surface area contributed by atoms with E-state index < -0.39 is 29.5 Å². The van der Waals surface area contributed by atoms with Gasteiger partial charge in [-0.05, 0) is 62.7 Å². The normalized spacial score (nSPS) is 14.3. The second-order valence-corrected chi connectivity index (χ2v) is 10.9. The van der Waals surface area contributed by atoms with Crippen LogP contribution in [0.1, 0.15) is 48.5 Å². The third kappa shape index (κ3) is 6.49. The summed E-state index contributed by atoms with van der Waals surface area (Å²) in [5, 5.41) is 9.34. The molecule has 4 aromatic rings. The maximum Gasteiger partial charge on any atom is 0.343 e. The number of methoxy groups -OCH3 is 1. The van der Waals surface area contributed by atoms with Crippen LogP contribution < -0.4 is 24.4 Å². The fourth-order valence-corrected chi connectivity index (χ4v) is 5.93. The number of allylic oxidation sites excluding steroid dienone is 1. The summed E-state index contributed by atoms with van der Waals surface area (Å²) in [5.41, 5.74) is 1.37. The van der Waals surface area contributed by atoms with Crippen LogP contribution in [-0.2, 0) is 19.1 Å². The van der Waals surface area contributed by atoms with Crippen molar-refractivity contribution in [2.45, 2.75) is 26.8 Å². The molecule has 2 aromatic heterocycles. The number of thiazole rings is 1. The van der Waals surface area contributed by atoms with E-state index in [1.807, 2.05) is 0 Å². The smallest absolute Gasteiger partial charge is 0.343 e. The first-order chi connectivity index (χ1) is 22.1. The zero-order chi connectivity index (χ0) is 33.0. The summed E-state index contributed by atoms with van der Waals surface area (Å²) in [6.45, 7) is 5.22. The Hall–Kier alpha value is -5.43. The van der Waals surface area contributed by atoms with E-state index in [9.17, 15) is 24.3 Å². The Balaban J connectivity index is 1.61. The third-order valence-corrected chi connectivity index (χ3v) is 7.95. The van der Waals surface area contributed by atoms with Crippen LogP contribution in [0, 0.1) is 0 Å². The van der Waals surface area contributed by atoms with Crippen LogP contribution in [0.3, 0.4) is 0 Å². The number of esters is 2. The first kappa shape index (κ1) is 32.0. The summed E-state index contributed by atoms with van der Waals surface area (Å²) in [6.07, 6.45) is 1.57. The van der Waals surface area contributed by atoms with Crippen molar-refractivity contribution < 1.29 is 42.9 Å². The van der Waals surface area contributed by atoms with Gasteiger partial charge in [0.05, 0.1) is 47.7 Å². The summed E-state index contributed by atoms with van der Waals surface area (Å²) in [6, 6.07) is 13.7. The van der Waals surface area contributed by atoms with Crippen LogP contribution in [0.4, 0.5) is 0 Å². The largest absolute Gasteiger partial charge is 0.490 e. The predicted octanol–water partition coefficient (Wildman–Crippen LogP) is 3.71. The summed E-state index contributed by atoms with van der Waals surface area (Å²) in [7, 11) is 1.25. The zero-order valence-electron chi connectivity index (χ0n) is 25.4. The van der Waals surface area contributed by atoms with Gasteiger partial charge in [-0.15, -0.1) is 0 Å². The van der Waals surface area contributed by atoms with E-state index in [1.54, 1.807) is 69.3 Å². The second-order valence-electron chi connectivity index (χ2n) is 9.89. The number of aromatic nitrogens is 1. The number of nitrogens with zero attached hydrogens (tertiary/aromatic N) is 2. The fraction of sp³-hybridized carbons (Fsp3) is 0.242. The Morgan fingerprint density at radius 2 is 1.85 bits per heavy atom. The molecular formula is C33H30N2O10S. The van der Waals surface area contributed by atoms with Gasteiger partial charge in [0.1, 0.15) is 11.5 Å². The molecule has 1 N–H and O–H groups in total. The van der Waals surface area contributed by atoms with Gasteiger partial charge < -0.3 is 28.5 Å². The lowest BCUT2D eigenvalue weighted by molar-refractivity contribution is -0.143. The number of furan rings is 1. The molecule has 1 aliphatic heterocycles. The van der Waals surface area contributed by atoms with Gasteiger partial charge in [0.2, 0.25) is 0 Å². The molecule has 1 atom stereocenters. The van der Waals surface area contributed by atoms with Crippen molar-refractivity contribution in [1.29, 1.82) is 0 Å². The molecule has 12 nitrogen and oxygen atoms in total. The third-order valence-electron chi connectivity index (χ3n) is 6.97. The molecule has 5 rings (SSSR count). The summed E-state index contributed by atoms with van der Waals surface area (Å²) >= 11 is 1.13. The van der Waals surface area contributed by atoms with Gasteiger partial charge >= 0.3 is 17.9 Å². The molecule has 0 saturated heterocycles. The van der Waals surface area contributed by atoms with Gasteiger partial charge in [-0.2, -0.15) is 0 Å². The minimum atomic E-state index is -1.06. The molecule has 0 fully saturated rings. The van der Waals surface area contributed by atoms with Gasteiger partial charge in [0.25, 0.3) is 5.56 Å². The van der Waals surface area contributed by atoms with Crippen molar-refractivity contribution in [2.75, 3.05) is 26.9 Å². The maximum absolute atomic E-state index is 14.0. The maximum atomic E-state index is 14.0. The lowest BCUT2D eigenvalue weighted by Crippen LogP contribution is -2.40. The summed E-state index contributed by atoms with van der Waals surface area (Å²) in [5.74, 6) is -0.865. The zero-order valence-corrected chi connectivity index (χ0v) is 26.2. The van der Waals surface area contributed by atoms with Crippen molar-refractivity contribution in [2.24, 2.45) is 4.99 Å². The number of carbonyl (C=O) groups is 3. The Morgan fingerprint density at radius 1 is 1.04 bits per heavy atom. The molecule has 0 spiro atoms. The van der Waals surface area contributed by atoms with E-state index in [0.29, 0.717) is 43.4 Å². The highest BCUT2D eigenvalue weighted by atomic mass is 32.1. The number of carboxylic acids is 1. The lowest BCUT2D eigenvalue weighted by Gasteiger charge is -2.25. The molecule has 238 valence electrons. The molecule has 0 amide bonds. The summed E-state index contributed by atoms with van der Waals surface area (Å²) in [4.78, 5) is 55.3. The van der Waals surface area contributed by atoms with E-state index >= 15 is 0 Å². The molecule has 2 aromatic carbocycles.